The van der Waals surface area contributed by atoms with Gasteiger partial charge in [-0.1, -0.05) is 6.92 Å². The van der Waals surface area contributed by atoms with Gasteiger partial charge in [-0.05, 0) is 27.2 Å². The van der Waals surface area contributed by atoms with E-state index in [1.807, 2.05) is 20.8 Å². The van der Waals surface area contributed by atoms with E-state index in [2.05, 4.69) is 5.32 Å². The topological polar surface area (TPSA) is 78.9 Å². The molecule has 0 aromatic heterocycles. The molecule has 1 aliphatic heterocycles. The van der Waals surface area contributed by atoms with Crippen LogP contribution in [0.2, 0.25) is 0 Å². The number of carbonyl (C=O) groups is 2. The van der Waals surface area contributed by atoms with E-state index in [4.69, 9.17) is 9.84 Å². The van der Waals surface area contributed by atoms with E-state index in [0.29, 0.717) is 19.5 Å². The van der Waals surface area contributed by atoms with Crippen molar-refractivity contribution in [1.82, 2.24) is 10.2 Å². The Labute approximate surface area is 107 Å². The van der Waals surface area contributed by atoms with Crippen LogP contribution in [0.1, 0.15) is 34.1 Å². The first-order valence-electron chi connectivity index (χ1n) is 6.21. The number of nitrogens with one attached hydrogen (secondary N) is 1. The standard InChI is InChI=1S/C12H22N2O4/c1-5-9(10(15)16)13-11(17)14-6-8(2)18-12(3,4)7-14/h8-9H,5-7H2,1-4H3,(H,13,17)(H,15,16)/t8?,9-/m1/s1. The number of ether oxygens (including phenoxy) is 1. The van der Waals surface area contributed by atoms with Gasteiger partial charge in [0.25, 0.3) is 0 Å². The van der Waals surface area contributed by atoms with Crippen LogP contribution >= 0.6 is 0 Å². The highest BCUT2D eigenvalue weighted by Crippen LogP contribution is 2.20. The van der Waals surface area contributed by atoms with E-state index in [1.165, 1.54) is 0 Å². The van der Waals surface area contributed by atoms with Crippen molar-refractivity contribution in [2.45, 2.75) is 51.9 Å². The van der Waals surface area contributed by atoms with Crippen molar-refractivity contribution in [2.24, 2.45) is 0 Å². The minimum atomic E-state index is -1.01. The third kappa shape index (κ3) is 3.87. The summed E-state index contributed by atoms with van der Waals surface area (Å²) in [5.41, 5.74) is -0.403. The van der Waals surface area contributed by atoms with Gasteiger partial charge < -0.3 is 20.1 Å². The summed E-state index contributed by atoms with van der Waals surface area (Å²) in [5.74, 6) is -1.01. The SMILES string of the molecule is CC[C@@H](NC(=O)N1CC(C)OC(C)(C)C1)C(=O)O. The Morgan fingerprint density at radius 3 is 2.61 bits per heavy atom. The van der Waals surface area contributed by atoms with Gasteiger partial charge in [-0.3, -0.25) is 0 Å². The van der Waals surface area contributed by atoms with Gasteiger partial charge in [-0.25, -0.2) is 9.59 Å². The predicted molar refractivity (Wildman–Crippen MR) is 66.4 cm³/mol. The molecule has 6 heteroatoms. The number of carboxylic acid groups (broad SMARTS) is 1. The zero-order valence-electron chi connectivity index (χ0n) is 11.4. The molecule has 2 N–H and O–H groups in total. The Hall–Kier alpha value is -1.30. The van der Waals surface area contributed by atoms with Crippen molar-refractivity contribution in [1.29, 1.82) is 0 Å². The molecule has 1 fully saturated rings. The van der Waals surface area contributed by atoms with Crippen LogP contribution < -0.4 is 5.32 Å². The highest BCUT2D eigenvalue weighted by atomic mass is 16.5. The third-order valence-corrected chi connectivity index (χ3v) is 2.86. The lowest BCUT2D eigenvalue weighted by molar-refractivity contribution is -0.139. The van der Waals surface area contributed by atoms with Crippen LogP contribution in [-0.2, 0) is 9.53 Å². The fourth-order valence-electron chi connectivity index (χ4n) is 2.19. The summed E-state index contributed by atoms with van der Waals surface area (Å²) in [7, 11) is 0. The van der Waals surface area contributed by atoms with Gasteiger partial charge in [-0.15, -0.1) is 0 Å². The highest BCUT2D eigenvalue weighted by molar-refractivity contribution is 5.82. The quantitative estimate of drug-likeness (QED) is 0.793. The molecule has 6 nitrogen and oxygen atoms in total. The number of carboxylic acids is 1. The summed E-state index contributed by atoms with van der Waals surface area (Å²) in [6, 6.07) is -1.17. The number of urea groups is 1. The molecular formula is C12H22N2O4. The molecule has 0 bridgehead atoms. The van der Waals surface area contributed by atoms with Crippen molar-refractivity contribution >= 4 is 12.0 Å². The molecular weight excluding hydrogens is 236 g/mol. The summed E-state index contributed by atoms with van der Waals surface area (Å²) in [6.45, 7) is 8.39. The Morgan fingerprint density at radius 2 is 2.17 bits per heavy atom. The summed E-state index contributed by atoms with van der Waals surface area (Å²) in [5, 5.41) is 11.4. The van der Waals surface area contributed by atoms with E-state index in [1.54, 1.807) is 11.8 Å². The number of nitrogens with zero attached hydrogens (tertiary/aromatic N) is 1. The highest BCUT2D eigenvalue weighted by Gasteiger charge is 2.34. The van der Waals surface area contributed by atoms with Gasteiger partial charge in [-0.2, -0.15) is 0 Å². The molecule has 0 spiro atoms. The molecule has 2 amide bonds. The van der Waals surface area contributed by atoms with E-state index < -0.39 is 17.6 Å². The first kappa shape index (κ1) is 14.8. The Kier molecular flexibility index (Phi) is 4.56. The summed E-state index contributed by atoms with van der Waals surface area (Å²) in [6.07, 6.45) is 0.314. The lowest BCUT2D eigenvalue weighted by Gasteiger charge is -2.41. The molecule has 0 saturated carbocycles. The summed E-state index contributed by atoms with van der Waals surface area (Å²) < 4.78 is 5.69. The molecule has 1 rings (SSSR count). The lowest BCUT2D eigenvalue weighted by atomic mass is 10.1. The van der Waals surface area contributed by atoms with E-state index >= 15 is 0 Å². The monoisotopic (exact) mass is 258 g/mol. The van der Waals surface area contributed by atoms with Gasteiger partial charge in [0, 0.05) is 6.54 Å². The average molecular weight is 258 g/mol. The zero-order valence-corrected chi connectivity index (χ0v) is 11.4. The van der Waals surface area contributed by atoms with Gasteiger partial charge in [0.15, 0.2) is 0 Å². The average Bonchev–Trinajstić information content (AvgIpc) is 2.22. The van der Waals surface area contributed by atoms with E-state index in [0.717, 1.165) is 0 Å². The predicted octanol–water partition coefficient (Wildman–Crippen LogP) is 1.06. The maximum atomic E-state index is 12.0. The number of rotatable bonds is 3. The van der Waals surface area contributed by atoms with Crippen LogP contribution in [0, 0.1) is 0 Å². The second-order valence-corrected chi connectivity index (χ2v) is 5.32. The van der Waals surface area contributed by atoms with E-state index in [9.17, 15) is 9.59 Å². The van der Waals surface area contributed by atoms with E-state index in [-0.39, 0.29) is 12.1 Å². The molecule has 0 aromatic rings. The van der Waals surface area contributed by atoms with Gasteiger partial charge in [0.1, 0.15) is 6.04 Å². The fourth-order valence-corrected chi connectivity index (χ4v) is 2.19. The molecule has 18 heavy (non-hydrogen) atoms. The number of carbonyl (C=O) groups excluding carboxylic acids is 1. The summed E-state index contributed by atoms with van der Waals surface area (Å²) in [4.78, 5) is 24.5. The number of hydrogen-bond donors (Lipinski definition) is 2. The second-order valence-electron chi connectivity index (χ2n) is 5.32. The largest absolute Gasteiger partial charge is 0.480 e. The van der Waals surface area contributed by atoms with Crippen LogP contribution in [0.15, 0.2) is 0 Å². The lowest BCUT2D eigenvalue weighted by Crippen LogP contribution is -2.58. The number of amides is 2. The first-order valence-corrected chi connectivity index (χ1v) is 6.21. The van der Waals surface area contributed by atoms with Gasteiger partial charge in [0.2, 0.25) is 0 Å². The molecule has 0 aliphatic carbocycles. The van der Waals surface area contributed by atoms with Crippen LogP contribution in [0.3, 0.4) is 0 Å². The van der Waals surface area contributed by atoms with Gasteiger partial charge >= 0.3 is 12.0 Å². The fraction of sp³-hybridized carbons (Fsp3) is 0.833. The Morgan fingerprint density at radius 1 is 1.56 bits per heavy atom. The normalized spacial score (nSPS) is 24.4. The molecule has 1 heterocycles. The number of morpholine rings is 1. The Balaban J connectivity index is 2.63. The molecule has 1 unspecified atom stereocenters. The molecule has 1 aliphatic rings. The first-order chi connectivity index (χ1) is 8.25. The smallest absolute Gasteiger partial charge is 0.326 e. The minimum Gasteiger partial charge on any atom is -0.480 e. The minimum absolute atomic E-state index is 0.0515. The van der Waals surface area contributed by atoms with Crippen LogP contribution in [-0.4, -0.2) is 52.8 Å². The summed E-state index contributed by atoms with van der Waals surface area (Å²) >= 11 is 0. The van der Waals surface area contributed by atoms with Crippen LogP contribution in [0.25, 0.3) is 0 Å². The van der Waals surface area contributed by atoms with Crippen LogP contribution in [0.4, 0.5) is 4.79 Å². The maximum absolute atomic E-state index is 12.0. The van der Waals surface area contributed by atoms with Gasteiger partial charge in [0.05, 0.1) is 18.2 Å². The molecule has 0 aromatic carbocycles. The number of aliphatic carboxylic acids is 1. The van der Waals surface area contributed by atoms with Crippen molar-refractivity contribution in [2.75, 3.05) is 13.1 Å². The maximum Gasteiger partial charge on any atom is 0.326 e. The molecule has 1 saturated heterocycles. The van der Waals surface area contributed by atoms with Crippen molar-refractivity contribution in [3.05, 3.63) is 0 Å². The van der Waals surface area contributed by atoms with Crippen molar-refractivity contribution < 1.29 is 19.4 Å². The molecule has 104 valence electrons. The van der Waals surface area contributed by atoms with Crippen molar-refractivity contribution in [3.8, 4) is 0 Å². The molecule has 2 atom stereocenters. The van der Waals surface area contributed by atoms with Crippen molar-refractivity contribution in [3.63, 3.8) is 0 Å². The van der Waals surface area contributed by atoms with Crippen LogP contribution in [0.5, 0.6) is 0 Å². The second kappa shape index (κ2) is 5.56. The Bertz CT molecular complexity index is 330. The number of hydrogen-bond acceptors (Lipinski definition) is 3. The zero-order chi connectivity index (χ0) is 13.9. The third-order valence-electron chi connectivity index (χ3n) is 2.86. The molecule has 0 radical (unpaired) electrons.